The maximum atomic E-state index is 14.5. The predicted molar refractivity (Wildman–Crippen MR) is 165 cm³/mol. The Morgan fingerprint density at radius 3 is 2.39 bits per heavy atom. The van der Waals surface area contributed by atoms with Crippen LogP contribution in [0.25, 0.3) is 10.9 Å². The van der Waals surface area contributed by atoms with E-state index in [1.807, 2.05) is 0 Å². The molecule has 2 fully saturated rings. The van der Waals surface area contributed by atoms with Crippen LogP contribution < -0.4 is 25.4 Å². The van der Waals surface area contributed by atoms with Crippen molar-refractivity contribution in [1.82, 2.24) is 20.6 Å². The normalized spacial score (nSPS) is 19.1. The fourth-order valence-corrected chi connectivity index (χ4v) is 4.97. The highest BCUT2D eigenvalue weighted by Gasteiger charge is 2.43. The van der Waals surface area contributed by atoms with Crippen molar-refractivity contribution in [3.05, 3.63) is 59.7 Å². The van der Waals surface area contributed by atoms with Gasteiger partial charge in [-0.3, -0.25) is 4.79 Å². The van der Waals surface area contributed by atoms with Gasteiger partial charge in [0, 0.05) is 36.7 Å². The third kappa shape index (κ3) is 8.54. The zero-order chi connectivity index (χ0) is 30.3. The fourth-order valence-electron chi connectivity index (χ4n) is 4.80. The second-order valence-corrected chi connectivity index (χ2v) is 9.97. The lowest BCUT2D eigenvalue weighted by atomic mass is 9.78. The lowest BCUT2D eigenvalue weighted by Crippen LogP contribution is -2.64. The Labute approximate surface area is 259 Å². The minimum absolute atomic E-state index is 0. The molecule has 1 spiro atoms. The zero-order valence-electron chi connectivity index (χ0n) is 22.5. The Morgan fingerprint density at radius 2 is 1.77 bits per heavy atom. The number of carbonyl (C=O) groups excluding carboxylic acids is 1. The van der Waals surface area contributed by atoms with Crippen molar-refractivity contribution < 1.29 is 38.5 Å². The molecule has 2 aliphatic rings. The van der Waals surface area contributed by atoms with E-state index in [0.29, 0.717) is 59.8 Å². The molecule has 0 unspecified atom stereocenters. The van der Waals surface area contributed by atoms with Crippen LogP contribution >= 0.6 is 11.6 Å². The second-order valence-electron chi connectivity index (χ2n) is 9.56. The first-order valence-corrected chi connectivity index (χ1v) is 13.4. The number of carboxylic acids is 2. The van der Waals surface area contributed by atoms with Gasteiger partial charge in [0.1, 0.15) is 12.1 Å². The van der Waals surface area contributed by atoms with E-state index in [9.17, 15) is 18.8 Å². The Kier molecular flexibility index (Phi) is 12.8. The number of rotatable bonds is 7. The van der Waals surface area contributed by atoms with Gasteiger partial charge in [-0.25, -0.2) is 23.9 Å². The van der Waals surface area contributed by atoms with E-state index in [2.05, 4.69) is 25.9 Å². The summed E-state index contributed by atoms with van der Waals surface area (Å²) in [5.41, 5.74) is 0.328. The molecule has 1 amide bonds. The van der Waals surface area contributed by atoms with Crippen molar-refractivity contribution in [3.63, 3.8) is 0 Å². The molecular weight excluding hydrogens is 597 g/mol. The van der Waals surface area contributed by atoms with Gasteiger partial charge in [-0.2, -0.15) is 0 Å². The molecule has 0 radical (unpaired) electrons. The number of benzene rings is 2. The van der Waals surface area contributed by atoms with E-state index < -0.39 is 23.3 Å². The first-order chi connectivity index (χ1) is 20.1. The summed E-state index contributed by atoms with van der Waals surface area (Å²) in [6, 6.07) is 8.30. The minimum atomic E-state index is -1.26. The highest BCUT2D eigenvalue weighted by atomic mass is 35.5. The quantitative estimate of drug-likeness (QED) is 0.223. The Morgan fingerprint density at radius 1 is 1.09 bits per heavy atom. The molecule has 5 N–H and O–H groups in total. The first kappa shape index (κ1) is 35.7. The van der Waals surface area contributed by atoms with Crippen molar-refractivity contribution in [2.24, 2.45) is 0 Å². The molecule has 1 aromatic heterocycles. The van der Waals surface area contributed by atoms with Gasteiger partial charge in [-0.1, -0.05) is 32.5 Å². The molecule has 2 aromatic carbocycles. The lowest BCUT2D eigenvalue weighted by molar-refractivity contribution is -0.134. The summed E-state index contributed by atoms with van der Waals surface area (Å²) in [5.74, 6) is -1.50. The van der Waals surface area contributed by atoms with E-state index in [-0.39, 0.29) is 37.6 Å². The summed E-state index contributed by atoms with van der Waals surface area (Å²) in [6.45, 7) is 1.44. The summed E-state index contributed by atoms with van der Waals surface area (Å²) in [4.78, 5) is 40.2. The number of ether oxygens (including phenoxy) is 2. The Balaban J connectivity index is 0.000000599. The van der Waals surface area contributed by atoms with Crippen molar-refractivity contribution >= 4 is 51.9 Å². The molecule has 0 bridgehead atoms. The smallest absolute Gasteiger partial charge is 0.328 e. The number of hydrogen-bond acceptors (Lipinski definition) is 9. The van der Waals surface area contributed by atoms with Gasteiger partial charge in [0.25, 0.3) is 0 Å². The van der Waals surface area contributed by atoms with Gasteiger partial charge in [0.2, 0.25) is 5.91 Å². The molecule has 1 saturated heterocycles. The van der Waals surface area contributed by atoms with Crippen LogP contribution in [0.1, 0.15) is 40.5 Å². The third-order valence-electron chi connectivity index (χ3n) is 6.88. The predicted octanol–water partition coefficient (Wildman–Crippen LogP) is 4.94. The van der Waals surface area contributed by atoms with Crippen LogP contribution in [-0.2, 0) is 14.4 Å². The van der Waals surface area contributed by atoms with Crippen LogP contribution in [0.4, 0.5) is 15.9 Å². The molecule has 1 aliphatic carbocycles. The van der Waals surface area contributed by atoms with Crippen LogP contribution in [-0.4, -0.2) is 69.9 Å². The van der Waals surface area contributed by atoms with Crippen molar-refractivity contribution in [3.8, 4) is 11.5 Å². The fraction of sp³-hybridized carbons (Fsp3) is 0.367. The summed E-state index contributed by atoms with van der Waals surface area (Å²) >= 11 is 5.92. The number of nitrogens with one attached hydrogen (secondary N) is 3. The van der Waals surface area contributed by atoms with Gasteiger partial charge in [0.15, 0.2) is 17.3 Å². The second kappa shape index (κ2) is 15.8. The topological polar surface area (TPSA) is 172 Å². The number of nitrogens with zero attached hydrogens (tertiary/aromatic N) is 2. The van der Waals surface area contributed by atoms with E-state index in [1.165, 1.54) is 12.4 Å². The van der Waals surface area contributed by atoms with Crippen molar-refractivity contribution in [1.29, 1.82) is 0 Å². The lowest BCUT2D eigenvalue weighted by Gasteiger charge is -2.42. The van der Waals surface area contributed by atoms with E-state index in [4.69, 9.17) is 31.3 Å². The molecule has 44 heavy (non-hydrogen) atoms. The number of carbonyl (C=O) groups is 3. The van der Waals surface area contributed by atoms with E-state index in [0.717, 1.165) is 19.4 Å². The molecule has 12 nitrogen and oxygen atoms in total. The van der Waals surface area contributed by atoms with Gasteiger partial charge in [-0.05, 0) is 43.9 Å². The number of aromatic nitrogens is 2. The molecule has 1 aliphatic heterocycles. The standard InChI is InChI=1S/C24H25ClFN5O3.C4H4O4.2CH4/c1-33-19-12-18-15(22(29-13-28-18)31-17-4-2-3-16(25)21(17)26)11-20(19)34-14-5-7-24(8-6-14)23(32)27-9-10-30-24;5-3(6)1-2-4(7)8;;/h2-4,11-14,30H,5-10H2,1H3,(H,27,32)(H,28,29,31);1-2H,(H,5,6)(H,7,8);2*1H4/b;2-1+;;. The summed E-state index contributed by atoms with van der Waals surface area (Å²) in [6.07, 6.45) is 5.30. The number of aliphatic carboxylic acids is 2. The number of anilines is 2. The number of hydrogen-bond donors (Lipinski definition) is 5. The highest BCUT2D eigenvalue weighted by Crippen LogP contribution is 2.38. The van der Waals surface area contributed by atoms with Crippen LogP contribution in [0.15, 0.2) is 48.8 Å². The SMILES string of the molecule is C.C.COc1cc2ncnc(Nc3cccc(Cl)c3F)c2cc1OC1CCC2(CC1)NCCNC2=O.O=C(O)/C=C/C(=O)O. The maximum Gasteiger partial charge on any atom is 0.328 e. The molecular formula is C30H37ClFN5O7. The monoisotopic (exact) mass is 633 g/mol. The van der Waals surface area contributed by atoms with Gasteiger partial charge in [0.05, 0.1) is 35.0 Å². The van der Waals surface area contributed by atoms with Gasteiger partial charge < -0.3 is 35.6 Å². The van der Waals surface area contributed by atoms with Crippen LogP contribution in [0, 0.1) is 5.82 Å². The van der Waals surface area contributed by atoms with Crippen LogP contribution in [0.3, 0.4) is 0 Å². The van der Waals surface area contributed by atoms with Crippen molar-refractivity contribution in [2.45, 2.75) is 52.2 Å². The minimum Gasteiger partial charge on any atom is -0.493 e. The van der Waals surface area contributed by atoms with Crippen LogP contribution in [0.2, 0.25) is 5.02 Å². The largest absolute Gasteiger partial charge is 0.493 e. The van der Waals surface area contributed by atoms with Gasteiger partial charge in [-0.15, -0.1) is 0 Å². The average Bonchev–Trinajstić information content (AvgIpc) is 2.97. The summed E-state index contributed by atoms with van der Waals surface area (Å²) in [5, 5.41) is 25.7. The highest BCUT2D eigenvalue weighted by molar-refractivity contribution is 6.31. The molecule has 3 aromatic rings. The zero-order valence-corrected chi connectivity index (χ0v) is 23.3. The number of methoxy groups -OCH3 is 1. The molecule has 5 rings (SSSR count). The number of piperazine rings is 1. The molecule has 14 heteroatoms. The average molecular weight is 634 g/mol. The molecule has 1 saturated carbocycles. The number of amides is 1. The maximum absolute atomic E-state index is 14.5. The number of carboxylic acid groups (broad SMARTS) is 2. The van der Waals surface area contributed by atoms with Crippen molar-refractivity contribution in [2.75, 3.05) is 25.5 Å². The molecule has 0 atom stereocenters. The van der Waals surface area contributed by atoms with Gasteiger partial charge >= 0.3 is 11.9 Å². The van der Waals surface area contributed by atoms with Crippen LogP contribution in [0.5, 0.6) is 11.5 Å². The molecule has 238 valence electrons. The summed E-state index contributed by atoms with van der Waals surface area (Å²) < 4.78 is 26.4. The summed E-state index contributed by atoms with van der Waals surface area (Å²) in [7, 11) is 1.57. The third-order valence-corrected chi connectivity index (χ3v) is 7.17. The van der Waals surface area contributed by atoms with E-state index >= 15 is 0 Å². The Hall–Kier alpha value is -4.49. The Bertz CT molecular complexity index is 1500. The number of halogens is 2. The first-order valence-electron chi connectivity index (χ1n) is 13.0. The van der Waals surface area contributed by atoms with E-state index in [1.54, 1.807) is 31.4 Å². The molecule has 2 heterocycles. The number of fused-ring (bicyclic) bond motifs is 1.